The number of carbonyl (C=O) groups excluding carboxylic acids is 1. The van der Waals surface area contributed by atoms with E-state index in [1.54, 1.807) is 7.11 Å². The molecular formula is C13H19NO3. The second kappa shape index (κ2) is 7.68. The van der Waals surface area contributed by atoms with Crippen LogP contribution in [0.3, 0.4) is 0 Å². The first-order chi connectivity index (χ1) is 8.26. The molecule has 17 heavy (non-hydrogen) atoms. The van der Waals surface area contributed by atoms with Gasteiger partial charge in [0.1, 0.15) is 5.75 Å². The number of hydrogen-bond acceptors (Lipinski definition) is 4. The topological polar surface area (TPSA) is 47.6 Å². The summed E-state index contributed by atoms with van der Waals surface area (Å²) >= 11 is 0. The van der Waals surface area contributed by atoms with Gasteiger partial charge in [0.05, 0.1) is 20.1 Å². The molecule has 4 heteroatoms. The van der Waals surface area contributed by atoms with Crippen LogP contribution in [0.5, 0.6) is 5.75 Å². The van der Waals surface area contributed by atoms with Gasteiger partial charge in [-0.1, -0.05) is 12.1 Å². The van der Waals surface area contributed by atoms with E-state index in [1.165, 1.54) is 0 Å². The molecule has 0 aromatic heterocycles. The Balaban J connectivity index is 2.19. The van der Waals surface area contributed by atoms with E-state index in [4.69, 9.17) is 9.47 Å². The van der Waals surface area contributed by atoms with Crippen molar-refractivity contribution in [3.63, 3.8) is 0 Å². The summed E-state index contributed by atoms with van der Waals surface area (Å²) in [5.41, 5.74) is 1.16. The minimum Gasteiger partial charge on any atom is -0.497 e. The Kier molecular flexibility index (Phi) is 6.10. The maximum absolute atomic E-state index is 11.1. The van der Waals surface area contributed by atoms with Crippen LogP contribution in [0, 0.1) is 0 Å². The van der Waals surface area contributed by atoms with Crippen LogP contribution in [0.1, 0.15) is 18.9 Å². The standard InChI is InChI=1S/C13H19NO3/c1-3-17-13(15)8-9-14-10-11-4-6-12(16-2)7-5-11/h4-7,14H,3,8-10H2,1-2H3. The van der Waals surface area contributed by atoms with Crippen molar-refractivity contribution in [2.75, 3.05) is 20.3 Å². The fourth-order valence-corrected chi connectivity index (χ4v) is 1.40. The van der Waals surface area contributed by atoms with Gasteiger partial charge in [-0.15, -0.1) is 0 Å². The van der Waals surface area contributed by atoms with E-state index in [-0.39, 0.29) is 5.97 Å². The molecule has 0 saturated carbocycles. The third-order valence-electron chi connectivity index (χ3n) is 2.30. The van der Waals surface area contributed by atoms with Crippen molar-refractivity contribution in [2.24, 2.45) is 0 Å². The van der Waals surface area contributed by atoms with Crippen molar-refractivity contribution in [1.82, 2.24) is 5.32 Å². The highest BCUT2D eigenvalue weighted by Crippen LogP contribution is 2.10. The zero-order valence-electron chi connectivity index (χ0n) is 10.4. The number of esters is 1. The molecule has 4 nitrogen and oxygen atoms in total. The summed E-state index contributed by atoms with van der Waals surface area (Å²) in [7, 11) is 1.65. The van der Waals surface area contributed by atoms with Crippen LogP contribution in [0.2, 0.25) is 0 Å². The van der Waals surface area contributed by atoms with E-state index in [0.717, 1.165) is 17.9 Å². The normalized spacial score (nSPS) is 10.0. The predicted octanol–water partition coefficient (Wildman–Crippen LogP) is 1.74. The zero-order chi connectivity index (χ0) is 12.5. The zero-order valence-corrected chi connectivity index (χ0v) is 10.4. The summed E-state index contributed by atoms with van der Waals surface area (Å²) in [5.74, 6) is 0.690. The first kappa shape index (κ1) is 13.5. The monoisotopic (exact) mass is 237 g/mol. The highest BCUT2D eigenvalue weighted by molar-refractivity contribution is 5.69. The lowest BCUT2D eigenvalue weighted by Crippen LogP contribution is -2.18. The van der Waals surface area contributed by atoms with E-state index >= 15 is 0 Å². The number of benzene rings is 1. The van der Waals surface area contributed by atoms with Gasteiger partial charge in [-0.3, -0.25) is 4.79 Å². The van der Waals surface area contributed by atoms with Crippen molar-refractivity contribution in [1.29, 1.82) is 0 Å². The maximum atomic E-state index is 11.1. The van der Waals surface area contributed by atoms with Gasteiger partial charge in [-0.2, -0.15) is 0 Å². The molecule has 0 aliphatic heterocycles. The average Bonchev–Trinajstić information content (AvgIpc) is 2.36. The second-order valence-corrected chi connectivity index (χ2v) is 3.58. The van der Waals surface area contributed by atoms with Crippen LogP contribution in [-0.2, 0) is 16.1 Å². The van der Waals surface area contributed by atoms with Gasteiger partial charge in [0.15, 0.2) is 0 Å². The van der Waals surface area contributed by atoms with Crippen molar-refractivity contribution in [2.45, 2.75) is 19.9 Å². The van der Waals surface area contributed by atoms with Gasteiger partial charge < -0.3 is 14.8 Å². The largest absolute Gasteiger partial charge is 0.497 e. The fourth-order valence-electron chi connectivity index (χ4n) is 1.40. The quantitative estimate of drug-likeness (QED) is 0.579. The summed E-state index contributed by atoms with van der Waals surface area (Å²) in [6.45, 7) is 3.62. The molecule has 1 aromatic carbocycles. The summed E-state index contributed by atoms with van der Waals surface area (Å²) in [6.07, 6.45) is 0.407. The van der Waals surface area contributed by atoms with Crippen LogP contribution in [0.4, 0.5) is 0 Å². The first-order valence-electron chi connectivity index (χ1n) is 5.75. The molecule has 94 valence electrons. The van der Waals surface area contributed by atoms with Gasteiger partial charge in [0.25, 0.3) is 0 Å². The van der Waals surface area contributed by atoms with Crippen LogP contribution in [-0.4, -0.2) is 26.2 Å². The Bertz CT molecular complexity index is 335. The minimum absolute atomic E-state index is 0.158. The Labute approximate surface area is 102 Å². The van der Waals surface area contributed by atoms with Crippen LogP contribution in [0.25, 0.3) is 0 Å². The fraction of sp³-hybridized carbons (Fsp3) is 0.462. The number of methoxy groups -OCH3 is 1. The SMILES string of the molecule is CCOC(=O)CCNCc1ccc(OC)cc1. The lowest BCUT2D eigenvalue weighted by Gasteiger charge is -2.05. The summed E-state index contributed by atoms with van der Waals surface area (Å²) in [6, 6.07) is 7.83. The molecule has 1 aromatic rings. The number of nitrogens with one attached hydrogen (secondary N) is 1. The predicted molar refractivity (Wildman–Crippen MR) is 66.0 cm³/mol. The van der Waals surface area contributed by atoms with Gasteiger partial charge in [0, 0.05) is 13.1 Å². The van der Waals surface area contributed by atoms with Crippen molar-refractivity contribution < 1.29 is 14.3 Å². The van der Waals surface area contributed by atoms with Gasteiger partial charge in [-0.05, 0) is 24.6 Å². The molecule has 0 fully saturated rings. The second-order valence-electron chi connectivity index (χ2n) is 3.58. The third-order valence-corrected chi connectivity index (χ3v) is 2.30. The van der Waals surface area contributed by atoms with E-state index in [1.807, 2.05) is 31.2 Å². The molecule has 0 aliphatic rings. The van der Waals surface area contributed by atoms with E-state index < -0.39 is 0 Å². The Morgan fingerprint density at radius 1 is 1.29 bits per heavy atom. The summed E-state index contributed by atoms with van der Waals surface area (Å²) in [4.78, 5) is 11.1. The highest BCUT2D eigenvalue weighted by Gasteiger charge is 2.00. The molecule has 0 aliphatic carbocycles. The minimum atomic E-state index is -0.158. The van der Waals surface area contributed by atoms with Crippen LogP contribution >= 0.6 is 0 Å². The number of hydrogen-bond donors (Lipinski definition) is 1. The highest BCUT2D eigenvalue weighted by atomic mass is 16.5. The van der Waals surface area contributed by atoms with Gasteiger partial charge >= 0.3 is 5.97 Å². The molecule has 1 N–H and O–H groups in total. The molecule has 0 unspecified atom stereocenters. The molecule has 0 spiro atoms. The van der Waals surface area contributed by atoms with Crippen molar-refractivity contribution >= 4 is 5.97 Å². The molecule has 0 heterocycles. The van der Waals surface area contributed by atoms with E-state index in [0.29, 0.717) is 19.6 Å². The molecule has 0 bridgehead atoms. The number of carbonyl (C=O) groups is 1. The Morgan fingerprint density at radius 3 is 2.59 bits per heavy atom. The van der Waals surface area contributed by atoms with Crippen molar-refractivity contribution in [3.8, 4) is 5.75 Å². The molecule has 1 rings (SSSR count). The van der Waals surface area contributed by atoms with Gasteiger partial charge in [-0.25, -0.2) is 0 Å². The molecule has 0 saturated heterocycles. The maximum Gasteiger partial charge on any atom is 0.307 e. The molecule has 0 atom stereocenters. The third kappa shape index (κ3) is 5.36. The molecular weight excluding hydrogens is 218 g/mol. The smallest absolute Gasteiger partial charge is 0.307 e. The van der Waals surface area contributed by atoms with Gasteiger partial charge in [0.2, 0.25) is 0 Å². The Hall–Kier alpha value is -1.55. The summed E-state index contributed by atoms with van der Waals surface area (Å²) in [5, 5.41) is 3.19. The number of ether oxygens (including phenoxy) is 2. The molecule has 0 amide bonds. The van der Waals surface area contributed by atoms with Crippen molar-refractivity contribution in [3.05, 3.63) is 29.8 Å². The van der Waals surface area contributed by atoms with E-state index in [2.05, 4.69) is 5.32 Å². The van der Waals surface area contributed by atoms with E-state index in [9.17, 15) is 4.79 Å². The molecule has 0 radical (unpaired) electrons. The Morgan fingerprint density at radius 2 is 2.00 bits per heavy atom. The lowest BCUT2D eigenvalue weighted by atomic mass is 10.2. The van der Waals surface area contributed by atoms with Crippen LogP contribution < -0.4 is 10.1 Å². The number of rotatable bonds is 7. The first-order valence-corrected chi connectivity index (χ1v) is 5.75. The average molecular weight is 237 g/mol. The van der Waals surface area contributed by atoms with Crippen LogP contribution in [0.15, 0.2) is 24.3 Å². The lowest BCUT2D eigenvalue weighted by molar-refractivity contribution is -0.142. The summed E-state index contributed by atoms with van der Waals surface area (Å²) < 4.78 is 9.90.